The van der Waals surface area contributed by atoms with Crippen molar-refractivity contribution in [2.24, 2.45) is 11.8 Å². The van der Waals surface area contributed by atoms with Gasteiger partial charge in [-0.3, -0.25) is 4.79 Å². The Balaban J connectivity index is 1.98. The highest BCUT2D eigenvalue weighted by atomic mass is 16.5. The summed E-state index contributed by atoms with van der Waals surface area (Å²) < 4.78 is 5.21. The number of carbonyl (C=O) groups is 1. The van der Waals surface area contributed by atoms with Crippen molar-refractivity contribution in [1.29, 1.82) is 0 Å². The maximum atomic E-state index is 11.3. The summed E-state index contributed by atoms with van der Waals surface area (Å²) in [5, 5.41) is 3.09. The van der Waals surface area contributed by atoms with Gasteiger partial charge in [-0.2, -0.15) is 0 Å². The summed E-state index contributed by atoms with van der Waals surface area (Å²) >= 11 is 0. The van der Waals surface area contributed by atoms with Crippen LogP contribution in [-0.4, -0.2) is 25.7 Å². The predicted molar refractivity (Wildman–Crippen MR) is 60.6 cm³/mol. The fraction of sp³-hybridized carbons (Fsp3) is 0.917. The van der Waals surface area contributed by atoms with Gasteiger partial charge in [0.05, 0.1) is 13.2 Å². The highest BCUT2D eigenvalue weighted by molar-refractivity contribution is 5.71. The van der Waals surface area contributed by atoms with Crippen molar-refractivity contribution in [3.63, 3.8) is 0 Å². The van der Waals surface area contributed by atoms with Gasteiger partial charge in [0.15, 0.2) is 0 Å². The molecular weight excluding hydrogens is 190 g/mol. The molecule has 1 N–H and O–H groups in total. The van der Waals surface area contributed by atoms with E-state index in [9.17, 15) is 4.79 Å². The van der Waals surface area contributed by atoms with Crippen LogP contribution in [0.4, 0.5) is 0 Å². The molecule has 1 rings (SSSR count). The second-order valence-corrected chi connectivity index (χ2v) is 4.86. The number of carbonyl (C=O) groups excluding carboxylic acids is 1. The van der Waals surface area contributed by atoms with Crippen LogP contribution in [0.5, 0.6) is 0 Å². The van der Waals surface area contributed by atoms with Crippen molar-refractivity contribution in [3.05, 3.63) is 0 Å². The Hall–Kier alpha value is -0.570. The molecule has 0 amide bonds. The molecule has 0 atom stereocenters. The Morgan fingerprint density at radius 2 is 2.07 bits per heavy atom. The van der Waals surface area contributed by atoms with Crippen LogP contribution < -0.4 is 5.32 Å². The molecule has 0 saturated heterocycles. The molecule has 1 aliphatic carbocycles. The quantitative estimate of drug-likeness (QED) is 0.685. The van der Waals surface area contributed by atoms with E-state index in [4.69, 9.17) is 4.74 Å². The molecule has 3 heteroatoms. The molecule has 3 nitrogen and oxygen atoms in total. The van der Waals surface area contributed by atoms with E-state index in [1.165, 1.54) is 25.7 Å². The molecule has 1 aliphatic rings. The molecule has 0 aromatic rings. The topological polar surface area (TPSA) is 38.3 Å². The third kappa shape index (κ3) is 5.78. The van der Waals surface area contributed by atoms with E-state index in [0.29, 0.717) is 25.0 Å². The molecule has 0 aromatic heterocycles. The van der Waals surface area contributed by atoms with Crippen LogP contribution in [0.2, 0.25) is 0 Å². The molecule has 0 heterocycles. The van der Waals surface area contributed by atoms with E-state index >= 15 is 0 Å². The average Bonchev–Trinajstić information content (AvgIpc) is 2.66. The van der Waals surface area contributed by atoms with Crippen molar-refractivity contribution in [2.75, 3.05) is 19.7 Å². The zero-order valence-corrected chi connectivity index (χ0v) is 9.92. The smallest absolute Gasteiger partial charge is 0.319 e. The fourth-order valence-electron chi connectivity index (χ4n) is 1.90. The van der Waals surface area contributed by atoms with E-state index in [1.807, 2.05) is 0 Å². The third-order valence-corrected chi connectivity index (χ3v) is 2.78. The van der Waals surface area contributed by atoms with Crippen LogP contribution in [-0.2, 0) is 9.53 Å². The molecule has 0 bridgehead atoms. The van der Waals surface area contributed by atoms with Crippen molar-refractivity contribution in [2.45, 2.75) is 39.5 Å². The highest BCUT2D eigenvalue weighted by Crippen LogP contribution is 2.24. The molecular formula is C12H23NO2. The lowest BCUT2D eigenvalue weighted by Gasteiger charge is -2.11. The summed E-state index contributed by atoms with van der Waals surface area (Å²) in [5.74, 6) is 1.09. The molecule has 0 aliphatic heterocycles. The first-order valence-corrected chi connectivity index (χ1v) is 6.05. The fourth-order valence-corrected chi connectivity index (χ4v) is 1.90. The summed E-state index contributed by atoms with van der Waals surface area (Å²) in [5.41, 5.74) is 0. The van der Waals surface area contributed by atoms with Crippen molar-refractivity contribution < 1.29 is 9.53 Å². The van der Waals surface area contributed by atoms with Gasteiger partial charge in [0.2, 0.25) is 0 Å². The van der Waals surface area contributed by atoms with Crippen molar-refractivity contribution in [3.8, 4) is 0 Å². The lowest BCUT2D eigenvalue weighted by molar-refractivity contribution is -0.143. The Bertz CT molecular complexity index is 186. The standard InChI is InChI=1S/C12H23NO2/c1-10(2)7-13-8-12(14)15-9-11-5-3-4-6-11/h10-11,13H,3-9H2,1-2H3. The molecule has 0 aromatic carbocycles. The zero-order chi connectivity index (χ0) is 11.1. The summed E-state index contributed by atoms with van der Waals surface area (Å²) in [4.78, 5) is 11.3. The predicted octanol–water partition coefficient (Wildman–Crippen LogP) is 1.97. The van der Waals surface area contributed by atoms with Crippen LogP contribution in [0.3, 0.4) is 0 Å². The number of esters is 1. The van der Waals surface area contributed by atoms with Gasteiger partial charge in [-0.05, 0) is 31.2 Å². The van der Waals surface area contributed by atoms with Gasteiger partial charge in [-0.1, -0.05) is 26.7 Å². The number of hydrogen-bond acceptors (Lipinski definition) is 3. The number of ether oxygens (including phenoxy) is 1. The summed E-state index contributed by atoms with van der Waals surface area (Å²) in [6.45, 7) is 6.10. The van der Waals surface area contributed by atoms with Gasteiger partial charge in [-0.25, -0.2) is 0 Å². The number of rotatable bonds is 6. The lowest BCUT2D eigenvalue weighted by Crippen LogP contribution is -2.28. The Kier molecular flexibility index (Phi) is 5.69. The van der Waals surface area contributed by atoms with E-state index in [0.717, 1.165) is 6.54 Å². The molecule has 88 valence electrons. The number of nitrogens with one attached hydrogen (secondary N) is 1. The van der Waals surface area contributed by atoms with Crippen LogP contribution in [0.25, 0.3) is 0 Å². The largest absolute Gasteiger partial charge is 0.464 e. The minimum Gasteiger partial charge on any atom is -0.464 e. The maximum Gasteiger partial charge on any atom is 0.319 e. The van der Waals surface area contributed by atoms with Gasteiger partial charge < -0.3 is 10.1 Å². The minimum atomic E-state index is -0.109. The Morgan fingerprint density at radius 3 is 2.67 bits per heavy atom. The second-order valence-electron chi connectivity index (χ2n) is 4.86. The maximum absolute atomic E-state index is 11.3. The van der Waals surface area contributed by atoms with Gasteiger partial charge in [0, 0.05) is 0 Å². The lowest BCUT2D eigenvalue weighted by atomic mass is 10.1. The second kappa shape index (κ2) is 6.83. The van der Waals surface area contributed by atoms with Crippen LogP contribution in [0.15, 0.2) is 0 Å². The Labute approximate surface area is 92.6 Å². The molecule has 15 heavy (non-hydrogen) atoms. The molecule has 1 saturated carbocycles. The summed E-state index contributed by atoms with van der Waals surface area (Å²) in [6.07, 6.45) is 5.06. The first kappa shape index (κ1) is 12.5. The highest BCUT2D eigenvalue weighted by Gasteiger charge is 2.16. The van der Waals surface area contributed by atoms with Crippen molar-refractivity contribution in [1.82, 2.24) is 5.32 Å². The van der Waals surface area contributed by atoms with E-state index in [2.05, 4.69) is 19.2 Å². The van der Waals surface area contributed by atoms with E-state index in [1.54, 1.807) is 0 Å². The zero-order valence-electron chi connectivity index (χ0n) is 9.92. The first-order valence-electron chi connectivity index (χ1n) is 6.05. The first-order chi connectivity index (χ1) is 7.18. The van der Waals surface area contributed by atoms with Crippen LogP contribution >= 0.6 is 0 Å². The van der Waals surface area contributed by atoms with E-state index < -0.39 is 0 Å². The van der Waals surface area contributed by atoms with Gasteiger partial charge in [-0.15, -0.1) is 0 Å². The molecule has 0 unspecified atom stereocenters. The Morgan fingerprint density at radius 1 is 1.40 bits per heavy atom. The van der Waals surface area contributed by atoms with Gasteiger partial charge in [0.25, 0.3) is 0 Å². The normalized spacial score (nSPS) is 17.3. The molecule has 0 spiro atoms. The molecule has 0 radical (unpaired) electrons. The van der Waals surface area contributed by atoms with Crippen LogP contribution in [0.1, 0.15) is 39.5 Å². The summed E-state index contributed by atoms with van der Waals surface area (Å²) in [7, 11) is 0. The monoisotopic (exact) mass is 213 g/mol. The van der Waals surface area contributed by atoms with Gasteiger partial charge in [0.1, 0.15) is 0 Å². The average molecular weight is 213 g/mol. The van der Waals surface area contributed by atoms with Crippen LogP contribution in [0, 0.1) is 11.8 Å². The van der Waals surface area contributed by atoms with Gasteiger partial charge >= 0.3 is 5.97 Å². The number of hydrogen-bond donors (Lipinski definition) is 1. The SMILES string of the molecule is CC(C)CNCC(=O)OCC1CCCC1. The molecule has 1 fully saturated rings. The van der Waals surface area contributed by atoms with E-state index in [-0.39, 0.29) is 5.97 Å². The summed E-state index contributed by atoms with van der Waals surface area (Å²) in [6, 6.07) is 0. The van der Waals surface area contributed by atoms with Crippen molar-refractivity contribution >= 4 is 5.97 Å². The minimum absolute atomic E-state index is 0.109. The third-order valence-electron chi connectivity index (χ3n) is 2.78.